The van der Waals surface area contributed by atoms with E-state index in [1.807, 2.05) is 12.1 Å². The van der Waals surface area contributed by atoms with Crippen molar-refractivity contribution >= 4 is 11.9 Å². The van der Waals surface area contributed by atoms with Gasteiger partial charge in [-0.05, 0) is 24.6 Å². The first-order valence-electron chi connectivity index (χ1n) is 7.45. The first-order valence-corrected chi connectivity index (χ1v) is 7.45. The lowest BCUT2D eigenvalue weighted by molar-refractivity contribution is -0.156. The van der Waals surface area contributed by atoms with Gasteiger partial charge < -0.3 is 19.9 Å². The van der Waals surface area contributed by atoms with Crippen molar-refractivity contribution in [2.24, 2.45) is 0 Å². The maximum atomic E-state index is 11.9. The Labute approximate surface area is 135 Å². The smallest absolute Gasteiger partial charge is 0.341 e. The molecule has 0 aromatic heterocycles. The minimum Gasteiger partial charge on any atom is -0.482 e. The molecule has 0 unspecified atom stereocenters. The molecular formula is C16H22N2O5. The monoisotopic (exact) mass is 322 g/mol. The molecule has 2 rings (SSSR count). The van der Waals surface area contributed by atoms with E-state index in [1.165, 1.54) is 0 Å². The van der Waals surface area contributed by atoms with Crippen LogP contribution in [-0.2, 0) is 20.9 Å². The molecule has 0 spiro atoms. The summed E-state index contributed by atoms with van der Waals surface area (Å²) in [6.45, 7) is 3.90. The van der Waals surface area contributed by atoms with Gasteiger partial charge in [0.15, 0.2) is 12.2 Å². The zero-order valence-corrected chi connectivity index (χ0v) is 13.4. The van der Waals surface area contributed by atoms with Crippen LogP contribution in [0.4, 0.5) is 0 Å². The Morgan fingerprint density at radius 1 is 1.39 bits per heavy atom. The molecule has 1 aromatic carbocycles. The number of amides is 1. The average Bonchev–Trinajstić information content (AvgIpc) is 2.53. The first kappa shape index (κ1) is 17.2. The van der Waals surface area contributed by atoms with Gasteiger partial charge in [0.2, 0.25) is 0 Å². The van der Waals surface area contributed by atoms with Crippen LogP contribution in [-0.4, -0.2) is 60.8 Å². The summed E-state index contributed by atoms with van der Waals surface area (Å²) in [5.74, 6) is -0.608. The summed E-state index contributed by atoms with van der Waals surface area (Å²) in [4.78, 5) is 24.6. The van der Waals surface area contributed by atoms with Gasteiger partial charge in [0.25, 0.3) is 5.91 Å². The Hall–Kier alpha value is -2.12. The first-order chi connectivity index (χ1) is 10.9. The number of hydrogen-bond donors (Lipinski definition) is 2. The minimum atomic E-state index is -1.00. The van der Waals surface area contributed by atoms with Crippen LogP contribution >= 0.6 is 0 Å². The molecule has 1 atom stereocenters. The Balaban J connectivity index is 1.93. The molecule has 7 nitrogen and oxygen atoms in total. The van der Waals surface area contributed by atoms with E-state index < -0.39 is 11.6 Å². The maximum Gasteiger partial charge on any atom is 0.341 e. The van der Waals surface area contributed by atoms with Crippen molar-refractivity contribution < 1.29 is 24.2 Å². The summed E-state index contributed by atoms with van der Waals surface area (Å²) >= 11 is 0. The fourth-order valence-corrected chi connectivity index (χ4v) is 2.58. The molecule has 1 heterocycles. The van der Waals surface area contributed by atoms with Gasteiger partial charge in [0, 0.05) is 26.7 Å². The second-order valence-corrected chi connectivity index (χ2v) is 5.70. The molecule has 126 valence electrons. The Morgan fingerprint density at radius 3 is 2.70 bits per heavy atom. The molecule has 0 aliphatic carbocycles. The van der Waals surface area contributed by atoms with Crippen LogP contribution in [0.1, 0.15) is 12.5 Å². The highest BCUT2D eigenvalue weighted by Gasteiger charge is 2.38. The summed E-state index contributed by atoms with van der Waals surface area (Å²) in [5.41, 5.74) is 0.228. The highest BCUT2D eigenvalue weighted by molar-refractivity contribution is 5.84. The van der Waals surface area contributed by atoms with Crippen LogP contribution in [0.3, 0.4) is 0 Å². The van der Waals surface area contributed by atoms with Gasteiger partial charge in [-0.15, -0.1) is 0 Å². The van der Waals surface area contributed by atoms with E-state index in [0.717, 1.165) is 12.1 Å². The van der Waals surface area contributed by atoms with E-state index in [4.69, 9.17) is 14.6 Å². The molecule has 7 heteroatoms. The average molecular weight is 322 g/mol. The zero-order valence-electron chi connectivity index (χ0n) is 13.4. The normalized spacial score (nSPS) is 21.7. The van der Waals surface area contributed by atoms with Crippen molar-refractivity contribution in [3.63, 3.8) is 0 Å². The second-order valence-electron chi connectivity index (χ2n) is 5.70. The van der Waals surface area contributed by atoms with Gasteiger partial charge in [-0.3, -0.25) is 9.69 Å². The Kier molecular flexibility index (Phi) is 5.57. The van der Waals surface area contributed by atoms with Gasteiger partial charge in [0.1, 0.15) is 5.75 Å². The summed E-state index contributed by atoms with van der Waals surface area (Å²) < 4.78 is 10.7. The van der Waals surface area contributed by atoms with Crippen LogP contribution in [0.15, 0.2) is 24.3 Å². The quantitative estimate of drug-likeness (QED) is 0.792. The number of benzene rings is 1. The van der Waals surface area contributed by atoms with E-state index >= 15 is 0 Å². The number of rotatable bonds is 6. The number of carbonyl (C=O) groups excluding carboxylic acids is 1. The maximum absolute atomic E-state index is 11.9. The molecule has 1 saturated heterocycles. The number of aliphatic carboxylic acids is 1. The summed E-state index contributed by atoms with van der Waals surface area (Å²) in [6.07, 6.45) is 0. The molecule has 0 bridgehead atoms. The number of nitrogens with zero attached hydrogens (tertiary/aromatic N) is 1. The Morgan fingerprint density at radius 2 is 2.09 bits per heavy atom. The fourth-order valence-electron chi connectivity index (χ4n) is 2.58. The lowest BCUT2D eigenvalue weighted by Gasteiger charge is -2.39. The van der Waals surface area contributed by atoms with Gasteiger partial charge in [0.05, 0.1) is 6.61 Å². The van der Waals surface area contributed by atoms with Crippen molar-refractivity contribution in [3.05, 3.63) is 29.8 Å². The van der Waals surface area contributed by atoms with Crippen LogP contribution in [0.5, 0.6) is 5.75 Å². The van der Waals surface area contributed by atoms with E-state index in [-0.39, 0.29) is 12.5 Å². The van der Waals surface area contributed by atoms with E-state index in [2.05, 4.69) is 10.2 Å². The molecule has 0 radical (unpaired) electrons. The Bertz CT molecular complexity index is 560. The van der Waals surface area contributed by atoms with Crippen LogP contribution in [0.25, 0.3) is 0 Å². The number of ether oxygens (including phenoxy) is 2. The third kappa shape index (κ3) is 4.67. The lowest BCUT2D eigenvalue weighted by atomic mass is 10.0. The molecular weight excluding hydrogens is 300 g/mol. The van der Waals surface area contributed by atoms with Crippen molar-refractivity contribution in [2.45, 2.75) is 19.1 Å². The van der Waals surface area contributed by atoms with Crippen LogP contribution < -0.4 is 10.1 Å². The van der Waals surface area contributed by atoms with Crippen molar-refractivity contribution in [3.8, 4) is 5.75 Å². The fraction of sp³-hybridized carbons (Fsp3) is 0.500. The second kappa shape index (κ2) is 7.43. The predicted octanol–water partition coefficient (Wildman–Crippen LogP) is 0.487. The molecule has 1 aliphatic heterocycles. The molecule has 0 saturated carbocycles. The topological polar surface area (TPSA) is 88.1 Å². The third-order valence-corrected chi connectivity index (χ3v) is 3.75. The lowest BCUT2D eigenvalue weighted by Crippen LogP contribution is -2.57. The van der Waals surface area contributed by atoms with Gasteiger partial charge in [-0.2, -0.15) is 0 Å². The SMILES string of the molecule is CNC(=O)[C@]1(C)CN(Cc2ccc(OCC(=O)O)cc2)CCO1. The van der Waals surface area contributed by atoms with Crippen LogP contribution in [0, 0.1) is 0 Å². The summed E-state index contributed by atoms with van der Waals surface area (Å²) in [6, 6.07) is 7.28. The van der Waals surface area contributed by atoms with Crippen molar-refractivity contribution in [2.75, 3.05) is 33.4 Å². The van der Waals surface area contributed by atoms with Gasteiger partial charge >= 0.3 is 5.97 Å². The number of nitrogens with one attached hydrogen (secondary N) is 1. The van der Waals surface area contributed by atoms with Crippen molar-refractivity contribution in [1.29, 1.82) is 0 Å². The summed E-state index contributed by atoms with van der Waals surface area (Å²) in [5, 5.41) is 11.2. The molecule has 1 aliphatic rings. The highest BCUT2D eigenvalue weighted by atomic mass is 16.5. The van der Waals surface area contributed by atoms with Gasteiger partial charge in [-0.25, -0.2) is 4.79 Å². The molecule has 1 aromatic rings. The predicted molar refractivity (Wildman–Crippen MR) is 83.3 cm³/mol. The van der Waals surface area contributed by atoms with E-state index in [9.17, 15) is 9.59 Å². The molecule has 1 amide bonds. The van der Waals surface area contributed by atoms with Crippen molar-refractivity contribution in [1.82, 2.24) is 10.2 Å². The standard InChI is InChI=1S/C16H22N2O5/c1-16(15(21)17-2)11-18(7-8-23-16)9-12-3-5-13(6-4-12)22-10-14(19)20/h3-6H,7-11H2,1-2H3,(H,17,21)(H,19,20)/t16-/m0/s1. The largest absolute Gasteiger partial charge is 0.482 e. The highest BCUT2D eigenvalue weighted by Crippen LogP contribution is 2.20. The number of morpholine rings is 1. The number of likely N-dealkylation sites (N-methyl/N-ethyl adjacent to an activating group) is 1. The minimum absolute atomic E-state index is 0.125. The molecule has 23 heavy (non-hydrogen) atoms. The van der Waals surface area contributed by atoms with E-state index in [0.29, 0.717) is 25.4 Å². The van der Waals surface area contributed by atoms with Gasteiger partial charge in [-0.1, -0.05) is 12.1 Å². The number of carboxylic acid groups (broad SMARTS) is 1. The number of carbonyl (C=O) groups is 2. The molecule has 1 fully saturated rings. The number of carboxylic acids is 1. The number of hydrogen-bond acceptors (Lipinski definition) is 5. The third-order valence-electron chi connectivity index (χ3n) is 3.75. The van der Waals surface area contributed by atoms with E-state index in [1.54, 1.807) is 26.1 Å². The molecule has 2 N–H and O–H groups in total. The van der Waals surface area contributed by atoms with Crippen LogP contribution in [0.2, 0.25) is 0 Å². The zero-order chi connectivity index (χ0) is 16.9. The summed E-state index contributed by atoms with van der Waals surface area (Å²) in [7, 11) is 1.60.